The van der Waals surface area contributed by atoms with Gasteiger partial charge >= 0.3 is 6.09 Å². The minimum absolute atomic E-state index is 0.0258. The number of nitrogens with one attached hydrogen (secondary N) is 3. The summed E-state index contributed by atoms with van der Waals surface area (Å²) in [5, 5.41) is 6.85. The molecular formula is C39H46N6O4. The summed E-state index contributed by atoms with van der Waals surface area (Å²) >= 11 is 0. The smallest absolute Gasteiger partial charge is 0.408 e. The van der Waals surface area contributed by atoms with Crippen molar-refractivity contribution in [3.63, 3.8) is 0 Å². The molecule has 0 bridgehead atoms. The highest BCUT2D eigenvalue weighted by Gasteiger charge is 2.34. The summed E-state index contributed by atoms with van der Waals surface area (Å²) in [6.07, 6.45) is 3.13. The van der Waals surface area contributed by atoms with Crippen molar-refractivity contribution in [2.75, 3.05) is 13.1 Å². The minimum atomic E-state index is -0.900. The average Bonchev–Trinajstić information content (AvgIpc) is 3.65. The second kappa shape index (κ2) is 13.8. The van der Waals surface area contributed by atoms with E-state index in [1.165, 1.54) is 0 Å². The number of fused-ring (bicyclic) bond motifs is 2. The number of piperidine rings is 1. The Kier molecular flexibility index (Phi) is 9.50. The monoisotopic (exact) mass is 662 g/mol. The highest BCUT2D eigenvalue weighted by atomic mass is 16.6. The zero-order chi connectivity index (χ0) is 34.8. The summed E-state index contributed by atoms with van der Waals surface area (Å²) in [5.41, 5.74) is 3.45. The summed E-state index contributed by atoms with van der Waals surface area (Å²) in [4.78, 5) is 50.5. The van der Waals surface area contributed by atoms with Gasteiger partial charge in [0.1, 0.15) is 17.5 Å². The Balaban J connectivity index is 1.19. The largest absolute Gasteiger partial charge is 0.444 e. The first-order valence-corrected chi connectivity index (χ1v) is 17.0. The number of carbonyl (C=O) groups is 3. The lowest BCUT2D eigenvalue weighted by molar-refractivity contribution is -0.137. The topological polar surface area (TPSA) is 121 Å². The van der Waals surface area contributed by atoms with E-state index >= 15 is 0 Å². The van der Waals surface area contributed by atoms with Crippen molar-refractivity contribution >= 4 is 39.8 Å². The number of amides is 3. The van der Waals surface area contributed by atoms with Gasteiger partial charge in [-0.3, -0.25) is 9.59 Å². The van der Waals surface area contributed by atoms with Crippen molar-refractivity contribution in [2.24, 2.45) is 0 Å². The molecule has 10 heteroatoms. The van der Waals surface area contributed by atoms with Crippen LogP contribution in [0.3, 0.4) is 0 Å². The van der Waals surface area contributed by atoms with Crippen LogP contribution in [0.25, 0.3) is 33.3 Å². The number of alkyl carbamates (subject to hydrolysis) is 1. The third kappa shape index (κ3) is 7.96. The fraction of sp³-hybridized carbons (Fsp3) is 0.385. The van der Waals surface area contributed by atoms with Gasteiger partial charge in [-0.2, -0.15) is 0 Å². The van der Waals surface area contributed by atoms with Crippen molar-refractivity contribution in [1.29, 1.82) is 0 Å². The fourth-order valence-electron chi connectivity index (χ4n) is 6.76. The van der Waals surface area contributed by atoms with Crippen LogP contribution >= 0.6 is 0 Å². The molecule has 1 atom stereocenters. The predicted molar refractivity (Wildman–Crippen MR) is 192 cm³/mol. The molecule has 3 amide bonds. The SMILES string of the molecule is CC(C)(CC(=O)N[C@H](Cc1c[nH]c2ccccc12)C(=O)N1CCC(n2c(-c3ccccc3)nc3ccccc32)CC1)NC(=O)OC(C)(C)C. The molecule has 3 aromatic carbocycles. The molecule has 5 aromatic rings. The maximum Gasteiger partial charge on any atom is 0.408 e. The summed E-state index contributed by atoms with van der Waals surface area (Å²) < 4.78 is 7.74. The molecule has 1 saturated heterocycles. The van der Waals surface area contributed by atoms with E-state index in [2.05, 4.69) is 38.4 Å². The van der Waals surface area contributed by atoms with E-state index in [1.807, 2.05) is 71.8 Å². The molecule has 0 spiro atoms. The Hall–Kier alpha value is -5.12. The van der Waals surface area contributed by atoms with Crippen LogP contribution in [0.15, 0.2) is 85.1 Å². The summed E-state index contributed by atoms with van der Waals surface area (Å²) in [7, 11) is 0. The first-order chi connectivity index (χ1) is 23.4. The Bertz CT molecular complexity index is 1950. The molecule has 1 aliphatic rings. The highest BCUT2D eigenvalue weighted by Crippen LogP contribution is 2.33. The van der Waals surface area contributed by atoms with Crippen LogP contribution < -0.4 is 10.6 Å². The molecular weight excluding hydrogens is 616 g/mol. The number of ether oxygens (including phenoxy) is 1. The molecule has 1 fully saturated rings. The third-order valence-electron chi connectivity index (χ3n) is 8.94. The molecule has 1 aliphatic heterocycles. The maximum absolute atomic E-state index is 14.3. The molecule has 0 aliphatic carbocycles. The second-order valence-electron chi connectivity index (χ2n) is 14.6. The number of para-hydroxylation sites is 3. The van der Waals surface area contributed by atoms with Gasteiger partial charge < -0.3 is 29.8 Å². The number of benzene rings is 3. The van der Waals surface area contributed by atoms with Crippen LogP contribution in [0.1, 0.15) is 65.5 Å². The molecule has 6 rings (SSSR count). The van der Waals surface area contributed by atoms with Gasteiger partial charge in [0.05, 0.1) is 11.0 Å². The van der Waals surface area contributed by atoms with Crippen molar-refractivity contribution in [1.82, 2.24) is 30.1 Å². The standard InChI is InChI=1S/C39H46N6O4/c1-38(2,3)49-37(48)43-39(4,5)24-34(46)41-32(23-27-25-40-30-16-10-9-15-29(27)30)36(47)44-21-19-28(20-22-44)45-33-18-12-11-17-31(33)42-35(45)26-13-7-6-8-14-26/h6-18,25,28,32,40H,19-24H2,1-5H3,(H,41,46)(H,43,48)/t32-/m1/s1. The zero-order valence-corrected chi connectivity index (χ0v) is 29.0. The first kappa shape index (κ1) is 33.8. The number of likely N-dealkylation sites (tertiary alicyclic amines) is 1. The molecule has 0 saturated carbocycles. The number of imidazole rings is 1. The maximum atomic E-state index is 14.3. The van der Waals surface area contributed by atoms with Gasteiger partial charge in [0.2, 0.25) is 11.8 Å². The number of nitrogens with zero attached hydrogens (tertiary/aromatic N) is 3. The van der Waals surface area contributed by atoms with Crippen molar-refractivity contribution in [3.05, 3.63) is 90.6 Å². The van der Waals surface area contributed by atoms with Crippen LogP contribution in [0.4, 0.5) is 4.79 Å². The Labute approximate surface area is 287 Å². The lowest BCUT2D eigenvalue weighted by Crippen LogP contribution is -2.54. The third-order valence-corrected chi connectivity index (χ3v) is 8.94. The van der Waals surface area contributed by atoms with Crippen LogP contribution in [0, 0.1) is 0 Å². The number of H-pyrrole nitrogens is 1. The summed E-state index contributed by atoms with van der Waals surface area (Å²) in [6.45, 7) is 10.00. The summed E-state index contributed by atoms with van der Waals surface area (Å²) in [5.74, 6) is 0.485. The summed E-state index contributed by atoms with van der Waals surface area (Å²) in [6, 6.07) is 25.7. The lowest BCUT2D eigenvalue weighted by atomic mass is 9.98. The Morgan fingerprint density at radius 3 is 2.33 bits per heavy atom. The number of carbonyl (C=O) groups excluding carboxylic acids is 3. The molecule has 2 aromatic heterocycles. The van der Waals surface area contributed by atoms with E-state index in [-0.39, 0.29) is 24.3 Å². The van der Waals surface area contributed by atoms with E-state index in [0.717, 1.165) is 51.7 Å². The van der Waals surface area contributed by atoms with E-state index in [9.17, 15) is 14.4 Å². The van der Waals surface area contributed by atoms with Crippen molar-refractivity contribution in [3.8, 4) is 11.4 Å². The predicted octanol–water partition coefficient (Wildman–Crippen LogP) is 6.77. The molecule has 256 valence electrons. The van der Waals surface area contributed by atoms with E-state index in [0.29, 0.717) is 19.5 Å². The quantitative estimate of drug-likeness (QED) is 0.161. The molecule has 3 heterocycles. The van der Waals surface area contributed by atoms with E-state index in [4.69, 9.17) is 9.72 Å². The Morgan fingerprint density at radius 2 is 1.59 bits per heavy atom. The second-order valence-corrected chi connectivity index (χ2v) is 14.6. The van der Waals surface area contributed by atoms with Crippen LogP contribution in [0.2, 0.25) is 0 Å². The molecule has 0 radical (unpaired) electrons. The number of hydrogen-bond donors (Lipinski definition) is 3. The van der Waals surface area contributed by atoms with Crippen LogP contribution in [0.5, 0.6) is 0 Å². The molecule has 10 nitrogen and oxygen atoms in total. The van der Waals surface area contributed by atoms with Gasteiger partial charge in [-0.25, -0.2) is 9.78 Å². The Morgan fingerprint density at radius 1 is 0.918 bits per heavy atom. The van der Waals surface area contributed by atoms with Crippen molar-refractivity contribution in [2.45, 2.75) is 83.5 Å². The average molecular weight is 663 g/mol. The molecule has 3 N–H and O–H groups in total. The highest BCUT2D eigenvalue weighted by molar-refractivity contribution is 5.90. The number of hydrogen-bond acceptors (Lipinski definition) is 5. The van der Waals surface area contributed by atoms with Crippen LogP contribution in [-0.4, -0.2) is 67.6 Å². The normalized spacial score (nSPS) is 14.9. The van der Waals surface area contributed by atoms with Crippen molar-refractivity contribution < 1.29 is 19.1 Å². The number of aromatic amines is 1. The van der Waals surface area contributed by atoms with Gasteiger partial charge in [0.25, 0.3) is 0 Å². The van der Waals surface area contributed by atoms with Gasteiger partial charge in [0, 0.05) is 60.2 Å². The fourth-order valence-corrected chi connectivity index (χ4v) is 6.76. The van der Waals surface area contributed by atoms with Crippen LogP contribution in [-0.2, 0) is 20.7 Å². The zero-order valence-electron chi connectivity index (χ0n) is 29.0. The number of aromatic nitrogens is 3. The molecule has 0 unspecified atom stereocenters. The van der Waals surface area contributed by atoms with Gasteiger partial charge in [-0.15, -0.1) is 0 Å². The molecule has 49 heavy (non-hydrogen) atoms. The lowest BCUT2D eigenvalue weighted by Gasteiger charge is -2.36. The van der Waals surface area contributed by atoms with Gasteiger partial charge in [-0.05, 0) is 71.2 Å². The minimum Gasteiger partial charge on any atom is -0.444 e. The van der Waals surface area contributed by atoms with E-state index in [1.54, 1.807) is 34.6 Å². The number of rotatable bonds is 9. The van der Waals surface area contributed by atoms with Gasteiger partial charge in [0.15, 0.2) is 0 Å². The van der Waals surface area contributed by atoms with E-state index < -0.39 is 23.3 Å². The first-order valence-electron chi connectivity index (χ1n) is 17.0. The van der Waals surface area contributed by atoms with Gasteiger partial charge in [-0.1, -0.05) is 60.7 Å².